The minimum Gasteiger partial charge on any atom is -0.462 e. The van der Waals surface area contributed by atoms with Crippen LogP contribution in [0.5, 0.6) is 11.5 Å². The summed E-state index contributed by atoms with van der Waals surface area (Å²) in [5.41, 5.74) is 7.26. The van der Waals surface area contributed by atoms with Gasteiger partial charge < -0.3 is 9.47 Å². The number of fused-ring (bicyclic) bond motifs is 2. The number of carbonyl (C=O) groups is 1. The van der Waals surface area contributed by atoms with Crippen molar-refractivity contribution in [2.75, 3.05) is 6.61 Å². The Morgan fingerprint density at radius 1 is 0.914 bits per heavy atom. The second kappa shape index (κ2) is 10.9. The third kappa shape index (κ3) is 5.05. The van der Waals surface area contributed by atoms with Gasteiger partial charge in [-0.15, -0.1) is 0 Å². The molecule has 0 saturated carbocycles. The van der Waals surface area contributed by atoms with Crippen molar-refractivity contribution >= 4 is 17.6 Å². The average molecular weight is 469 g/mol. The topological polar surface area (TPSA) is 35.5 Å². The minimum atomic E-state index is -0.275. The first kappa shape index (κ1) is 24.8. The van der Waals surface area contributed by atoms with E-state index < -0.39 is 0 Å². The minimum absolute atomic E-state index is 0.275. The van der Waals surface area contributed by atoms with Crippen LogP contribution in [0.3, 0.4) is 0 Å². The van der Waals surface area contributed by atoms with Crippen LogP contribution in [0.2, 0.25) is 0 Å². The van der Waals surface area contributed by atoms with Crippen molar-refractivity contribution in [3.8, 4) is 11.5 Å². The standard InChI is InChI=1S/C32H36O3/c1-6-9-16-34-32(33)26-15-11-10-14-25(26)31-27-17-21(4)23(12-7-2)19-29(27)35-30-20-24(13-8-3)22(5)18-28(30)31/h10-12,14-15,17-20H,6-9,13,16H2,1-5H3/b23-12-. The van der Waals surface area contributed by atoms with Gasteiger partial charge in [-0.2, -0.15) is 0 Å². The smallest absolute Gasteiger partial charge is 0.338 e. The zero-order chi connectivity index (χ0) is 24.9. The first-order chi connectivity index (χ1) is 17.0. The van der Waals surface area contributed by atoms with Gasteiger partial charge in [0.1, 0.15) is 11.5 Å². The third-order valence-electron chi connectivity index (χ3n) is 6.66. The van der Waals surface area contributed by atoms with E-state index in [0.717, 1.165) is 65.5 Å². The van der Waals surface area contributed by atoms with Crippen LogP contribution in [-0.4, -0.2) is 12.6 Å². The molecule has 35 heavy (non-hydrogen) atoms. The van der Waals surface area contributed by atoms with Gasteiger partial charge in [0.15, 0.2) is 0 Å². The van der Waals surface area contributed by atoms with E-state index in [1.165, 1.54) is 21.9 Å². The molecule has 0 aromatic heterocycles. The van der Waals surface area contributed by atoms with Crippen LogP contribution in [0, 0.1) is 13.8 Å². The summed E-state index contributed by atoms with van der Waals surface area (Å²) in [5.74, 6) is 1.41. The Bertz CT molecular complexity index is 1360. The predicted molar refractivity (Wildman–Crippen MR) is 144 cm³/mol. The van der Waals surface area contributed by atoms with Crippen LogP contribution in [0.1, 0.15) is 84.6 Å². The molecule has 0 spiro atoms. The highest BCUT2D eigenvalue weighted by Crippen LogP contribution is 2.39. The molecule has 0 amide bonds. The molecule has 3 heteroatoms. The lowest BCUT2D eigenvalue weighted by atomic mass is 9.87. The number of carbonyl (C=O) groups excluding carboxylic acids is 1. The molecule has 1 heterocycles. The van der Waals surface area contributed by atoms with Gasteiger partial charge in [-0.3, -0.25) is 0 Å². The SMILES string of the molecule is CC/C=c1/cc2c(cc1C)=C(c1ccccc1C(=O)OCCCC)c1cc(C)c(CCC)cc1O2. The molecule has 1 aliphatic heterocycles. The fourth-order valence-electron chi connectivity index (χ4n) is 4.79. The van der Waals surface area contributed by atoms with E-state index in [1.54, 1.807) is 0 Å². The highest BCUT2D eigenvalue weighted by Gasteiger charge is 2.25. The van der Waals surface area contributed by atoms with Crippen molar-refractivity contribution in [1.29, 1.82) is 0 Å². The zero-order valence-electron chi connectivity index (χ0n) is 21.7. The number of hydrogen-bond donors (Lipinski definition) is 0. The Kier molecular flexibility index (Phi) is 7.75. The first-order valence-electron chi connectivity index (χ1n) is 12.9. The molecule has 0 fully saturated rings. The Morgan fingerprint density at radius 3 is 2.46 bits per heavy atom. The van der Waals surface area contributed by atoms with E-state index in [4.69, 9.17) is 9.47 Å². The quantitative estimate of drug-likeness (QED) is 0.212. The monoisotopic (exact) mass is 468 g/mol. The molecule has 1 aliphatic rings. The largest absolute Gasteiger partial charge is 0.462 e. The summed E-state index contributed by atoms with van der Waals surface area (Å²) in [6.45, 7) is 11.2. The van der Waals surface area contributed by atoms with Gasteiger partial charge in [-0.05, 0) is 90.9 Å². The molecule has 0 N–H and O–H groups in total. The van der Waals surface area contributed by atoms with Gasteiger partial charge in [-0.1, -0.05) is 57.9 Å². The fraction of sp³-hybridized carbons (Fsp3) is 0.344. The number of rotatable bonds is 8. The number of ether oxygens (including phenoxy) is 2. The maximum absolute atomic E-state index is 13.1. The number of hydrogen-bond acceptors (Lipinski definition) is 3. The van der Waals surface area contributed by atoms with E-state index in [1.807, 2.05) is 24.3 Å². The van der Waals surface area contributed by atoms with Crippen LogP contribution < -0.4 is 15.2 Å². The Labute approximate surface area is 209 Å². The van der Waals surface area contributed by atoms with Gasteiger partial charge in [0.25, 0.3) is 0 Å². The van der Waals surface area contributed by atoms with Crippen LogP contribution in [0.25, 0.3) is 11.6 Å². The van der Waals surface area contributed by atoms with Crippen molar-refractivity contribution in [3.63, 3.8) is 0 Å². The van der Waals surface area contributed by atoms with E-state index in [2.05, 4.69) is 65.0 Å². The van der Waals surface area contributed by atoms with E-state index in [0.29, 0.717) is 12.2 Å². The fourth-order valence-corrected chi connectivity index (χ4v) is 4.79. The molecule has 3 aromatic carbocycles. The van der Waals surface area contributed by atoms with Crippen LogP contribution >= 0.6 is 0 Å². The Balaban J connectivity index is 2.01. The lowest BCUT2D eigenvalue weighted by Gasteiger charge is -2.24. The van der Waals surface area contributed by atoms with Gasteiger partial charge in [0.05, 0.1) is 12.2 Å². The second-order valence-electron chi connectivity index (χ2n) is 9.35. The molecular weight excluding hydrogens is 432 g/mol. The zero-order valence-corrected chi connectivity index (χ0v) is 21.7. The molecule has 3 aromatic rings. The molecule has 3 nitrogen and oxygen atoms in total. The Hall–Kier alpha value is -3.33. The molecule has 0 unspecified atom stereocenters. The second-order valence-corrected chi connectivity index (χ2v) is 9.35. The summed E-state index contributed by atoms with van der Waals surface area (Å²) < 4.78 is 12.2. The number of esters is 1. The molecule has 0 atom stereocenters. The van der Waals surface area contributed by atoms with Crippen molar-refractivity contribution in [3.05, 3.63) is 92.3 Å². The van der Waals surface area contributed by atoms with Crippen molar-refractivity contribution in [1.82, 2.24) is 0 Å². The molecule has 0 saturated heterocycles. The summed E-state index contributed by atoms with van der Waals surface area (Å²) in [5, 5.41) is 2.20. The lowest BCUT2D eigenvalue weighted by molar-refractivity contribution is 0.0499. The molecular formula is C32H36O3. The van der Waals surface area contributed by atoms with Crippen molar-refractivity contribution < 1.29 is 14.3 Å². The first-order valence-corrected chi connectivity index (χ1v) is 12.9. The van der Waals surface area contributed by atoms with Crippen LogP contribution in [-0.2, 0) is 11.2 Å². The molecule has 4 rings (SSSR count). The van der Waals surface area contributed by atoms with Crippen molar-refractivity contribution in [2.45, 2.75) is 66.7 Å². The van der Waals surface area contributed by atoms with Gasteiger partial charge in [-0.25, -0.2) is 4.79 Å². The summed E-state index contributed by atoms with van der Waals surface area (Å²) in [6.07, 6.45) is 7.12. The third-order valence-corrected chi connectivity index (χ3v) is 6.66. The number of aryl methyl sites for hydroxylation is 3. The highest BCUT2D eigenvalue weighted by molar-refractivity contribution is 5.99. The number of unbranched alkanes of at least 4 members (excludes halogenated alkanes) is 1. The van der Waals surface area contributed by atoms with E-state index >= 15 is 0 Å². The van der Waals surface area contributed by atoms with Crippen LogP contribution in [0.4, 0.5) is 0 Å². The predicted octanol–water partition coefficient (Wildman–Crippen LogP) is 6.76. The van der Waals surface area contributed by atoms with Crippen molar-refractivity contribution in [2.24, 2.45) is 0 Å². The van der Waals surface area contributed by atoms with Crippen LogP contribution in [0.15, 0.2) is 48.5 Å². The normalized spacial score (nSPS) is 12.7. The molecule has 0 aliphatic carbocycles. The summed E-state index contributed by atoms with van der Waals surface area (Å²) in [4.78, 5) is 13.1. The molecule has 182 valence electrons. The molecule has 0 bridgehead atoms. The van der Waals surface area contributed by atoms with E-state index in [-0.39, 0.29) is 5.97 Å². The highest BCUT2D eigenvalue weighted by atomic mass is 16.5. The van der Waals surface area contributed by atoms with Gasteiger partial charge in [0.2, 0.25) is 0 Å². The van der Waals surface area contributed by atoms with E-state index in [9.17, 15) is 4.79 Å². The molecule has 0 radical (unpaired) electrons. The Morgan fingerprint density at radius 2 is 1.71 bits per heavy atom. The lowest BCUT2D eigenvalue weighted by Crippen LogP contribution is -2.23. The summed E-state index contributed by atoms with van der Waals surface area (Å²) in [6, 6.07) is 16.5. The maximum atomic E-state index is 13.1. The summed E-state index contributed by atoms with van der Waals surface area (Å²) >= 11 is 0. The average Bonchev–Trinajstić information content (AvgIpc) is 2.85. The summed E-state index contributed by atoms with van der Waals surface area (Å²) in [7, 11) is 0. The maximum Gasteiger partial charge on any atom is 0.338 e. The van der Waals surface area contributed by atoms with Gasteiger partial charge >= 0.3 is 5.97 Å². The van der Waals surface area contributed by atoms with Gasteiger partial charge in [0, 0.05) is 16.4 Å². The number of benzene rings is 3.